The summed E-state index contributed by atoms with van der Waals surface area (Å²) in [5.41, 5.74) is 6.30. The first-order valence-electron chi connectivity index (χ1n) is 4.55. The normalized spacial score (nSPS) is 12.9. The topological polar surface area (TPSA) is 48.0 Å². The minimum absolute atomic E-state index is 0.296. The molecule has 1 amide bonds. The Balaban J connectivity index is 2.58. The lowest BCUT2D eigenvalue weighted by Crippen LogP contribution is -2.23. The molecule has 3 nitrogen and oxygen atoms in total. The van der Waals surface area contributed by atoms with Crippen LogP contribution < -0.4 is 5.73 Å². The van der Waals surface area contributed by atoms with Crippen LogP contribution in [0.25, 0.3) is 10.9 Å². The van der Waals surface area contributed by atoms with Gasteiger partial charge in [0.15, 0.2) is 0 Å². The van der Waals surface area contributed by atoms with E-state index < -0.39 is 0 Å². The molecule has 0 aliphatic rings. The molecule has 1 aromatic carbocycles. The van der Waals surface area contributed by atoms with E-state index in [-0.39, 0.29) is 11.9 Å². The Kier molecular flexibility index (Phi) is 2.00. The highest BCUT2D eigenvalue weighted by molar-refractivity contribution is 5.84. The van der Waals surface area contributed by atoms with E-state index in [1.54, 1.807) is 6.92 Å². The lowest BCUT2D eigenvalue weighted by atomic mass is 10.2. The minimum atomic E-state index is -0.314. The molecule has 0 fully saturated rings. The van der Waals surface area contributed by atoms with E-state index in [4.69, 9.17) is 5.73 Å². The number of carbonyl (C=O) groups is 1. The third-order valence-electron chi connectivity index (χ3n) is 2.46. The van der Waals surface area contributed by atoms with E-state index >= 15 is 0 Å². The van der Waals surface area contributed by atoms with Gasteiger partial charge in [-0.15, -0.1) is 0 Å². The van der Waals surface area contributed by atoms with Crippen molar-refractivity contribution in [3.05, 3.63) is 36.5 Å². The Bertz CT molecular complexity index is 473. The van der Waals surface area contributed by atoms with Crippen molar-refractivity contribution < 1.29 is 4.79 Å². The fraction of sp³-hybridized carbons (Fsp3) is 0.182. The quantitative estimate of drug-likeness (QED) is 0.765. The Morgan fingerprint density at radius 3 is 2.79 bits per heavy atom. The number of nitrogens with zero attached hydrogens (tertiary/aromatic N) is 1. The second-order valence-electron chi connectivity index (χ2n) is 3.36. The molecule has 0 unspecified atom stereocenters. The molecule has 2 rings (SSSR count). The van der Waals surface area contributed by atoms with E-state index in [9.17, 15) is 4.79 Å². The van der Waals surface area contributed by atoms with Crippen molar-refractivity contribution in [3.63, 3.8) is 0 Å². The Labute approximate surface area is 82.1 Å². The van der Waals surface area contributed by atoms with E-state index in [1.165, 1.54) is 0 Å². The molecular weight excluding hydrogens is 176 g/mol. The Hall–Kier alpha value is -1.77. The van der Waals surface area contributed by atoms with Crippen LogP contribution in [0.15, 0.2) is 36.5 Å². The first kappa shape index (κ1) is 8.81. The van der Waals surface area contributed by atoms with Crippen LogP contribution in [0.1, 0.15) is 13.0 Å². The number of carbonyl (C=O) groups excluding carboxylic acids is 1. The predicted molar refractivity (Wildman–Crippen MR) is 55.8 cm³/mol. The predicted octanol–water partition coefficient (Wildman–Crippen LogP) is 1.69. The van der Waals surface area contributed by atoms with Crippen molar-refractivity contribution in [2.75, 3.05) is 0 Å². The van der Waals surface area contributed by atoms with Gasteiger partial charge >= 0.3 is 0 Å². The summed E-state index contributed by atoms with van der Waals surface area (Å²) in [6, 6.07) is 9.60. The number of primary amides is 1. The standard InChI is InChI=1S/C11H12N2O/c1-8(11(12)14)13-7-6-9-4-2-3-5-10(9)13/h2-8H,1H3,(H2,12,14)/t8-/m1/s1. The molecule has 14 heavy (non-hydrogen) atoms. The molecule has 0 aliphatic heterocycles. The van der Waals surface area contributed by atoms with Crippen molar-refractivity contribution in [2.24, 2.45) is 5.73 Å². The zero-order valence-electron chi connectivity index (χ0n) is 7.97. The molecule has 72 valence electrons. The first-order valence-corrected chi connectivity index (χ1v) is 4.55. The number of fused-ring (bicyclic) bond motifs is 1. The molecule has 1 heterocycles. The Morgan fingerprint density at radius 1 is 1.36 bits per heavy atom. The van der Waals surface area contributed by atoms with Gasteiger partial charge in [0.25, 0.3) is 0 Å². The van der Waals surface area contributed by atoms with Gasteiger partial charge in [-0.25, -0.2) is 0 Å². The summed E-state index contributed by atoms with van der Waals surface area (Å²) in [7, 11) is 0. The third kappa shape index (κ3) is 1.27. The molecule has 0 saturated heterocycles. The highest BCUT2D eigenvalue weighted by atomic mass is 16.1. The van der Waals surface area contributed by atoms with Crippen LogP contribution in [0, 0.1) is 0 Å². The SMILES string of the molecule is C[C@H](C(N)=O)n1ccc2ccccc21. The molecule has 0 saturated carbocycles. The molecule has 0 spiro atoms. The number of para-hydroxylation sites is 1. The average molecular weight is 188 g/mol. The van der Waals surface area contributed by atoms with Gasteiger partial charge in [-0.05, 0) is 24.4 Å². The van der Waals surface area contributed by atoms with E-state index in [1.807, 2.05) is 41.1 Å². The van der Waals surface area contributed by atoms with E-state index in [0.717, 1.165) is 10.9 Å². The summed E-state index contributed by atoms with van der Waals surface area (Å²) < 4.78 is 1.89. The third-order valence-corrected chi connectivity index (χ3v) is 2.46. The van der Waals surface area contributed by atoms with E-state index in [0.29, 0.717) is 0 Å². The van der Waals surface area contributed by atoms with Crippen molar-refractivity contribution >= 4 is 16.8 Å². The molecule has 3 heteroatoms. The van der Waals surface area contributed by atoms with Crippen LogP contribution >= 0.6 is 0 Å². The molecule has 1 atom stereocenters. The van der Waals surface area contributed by atoms with Gasteiger partial charge in [-0.3, -0.25) is 4.79 Å². The first-order chi connectivity index (χ1) is 6.70. The second kappa shape index (κ2) is 3.18. The number of benzene rings is 1. The number of nitrogens with two attached hydrogens (primary N) is 1. The van der Waals surface area contributed by atoms with Crippen LogP contribution in [0.3, 0.4) is 0 Å². The molecule has 0 bridgehead atoms. The van der Waals surface area contributed by atoms with Gasteiger partial charge in [-0.1, -0.05) is 18.2 Å². The number of amides is 1. The summed E-state index contributed by atoms with van der Waals surface area (Å²) >= 11 is 0. The van der Waals surface area contributed by atoms with Crippen LogP contribution in [-0.2, 0) is 4.79 Å². The van der Waals surface area contributed by atoms with Gasteiger partial charge in [0.1, 0.15) is 6.04 Å². The van der Waals surface area contributed by atoms with Gasteiger partial charge in [0.2, 0.25) is 5.91 Å². The highest BCUT2D eigenvalue weighted by Crippen LogP contribution is 2.19. The number of aromatic nitrogens is 1. The van der Waals surface area contributed by atoms with Crippen molar-refractivity contribution in [1.82, 2.24) is 4.57 Å². The number of rotatable bonds is 2. The van der Waals surface area contributed by atoms with Crippen LogP contribution in [0.4, 0.5) is 0 Å². The summed E-state index contributed by atoms with van der Waals surface area (Å²) in [5.74, 6) is -0.314. The van der Waals surface area contributed by atoms with E-state index in [2.05, 4.69) is 0 Å². The maximum atomic E-state index is 11.0. The molecule has 2 N–H and O–H groups in total. The fourth-order valence-corrected chi connectivity index (χ4v) is 1.58. The highest BCUT2D eigenvalue weighted by Gasteiger charge is 2.12. The zero-order valence-corrected chi connectivity index (χ0v) is 7.97. The van der Waals surface area contributed by atoms with Crippen LogP contribution in [0.2, 0.25) is 0 Å². The Morgan fingerprint density at radius 2 is 2.07 bits per heavy atom. The van der Waals surface area contributed by atoms with Gasteiger partial charge in [-0.2, -0.15) is 0 Å². The largest absolute Gasteiger partial charge is 0.368 e. The maximum absolute atomic E-state index is 11.0. The van der Waals surface area contributed by atoms with Crippen molar-refractivity contribution in [1.29, 1.82) is 0 Å². The summed E-state index contributed by atoms with van der Waals surface area (Å²) in [6.45, 7) is 1.80. The van der Waals surface area contributed by atoms with Crippen molar-refractivity contribution in [2.45, 2.75) is 13.0 Å². The molecule has 2 aromatic rings. The number of hydrogen-bond donors (Lipinski definition) is 1. The van der Waals surface area contributed by atoms with Crippen molar-refractivity contribution in [3.8, 4) is 0 Å². The van der Waals surface area contributed by atoms with Gasteiger partial charge in [0.05, 0.1) is 0 Å². The summed E-state index contributed by atoms with van der Waals surface area (Å²) in [4.78, 5) is 11.0. The summed E-state index contributed by atoms with van der Waals surface area (Å²) in [6.07, 6.45) is 1.89. The van der Waals surface area contributed by atoms with Gasteiger partial charge in [0, 0.05) is 11.7 Å². The lowest BCUT2D eigenvalue weighted by molar-refractivity contribution is -0.120. The van der Waals surface area contributed by atoms with Crippen LogP contribution in [-0.4, -0.2) is 10.5 Å². The molecule has 1 aromatic heterocycles. The lowest BCUT2D eigenvalue weighted by Gasteiger charge is -2.10. The number of hydrogen-bond acceptors (Lipinski definition) is 1. The van der Waals surface area contributed by atoms with Crippen LogP contribution in [0.5, 0.6) is 0 Å². The smallest absolute Gasteiger partial charge is 0.240 e. The molecule has 0 aliphatic carbocycles. The summed E-state index contributed by atoms with van der Waals surface area (Å²) in [5, 5.41) is 1.13. The second-order valence-corrected chi connectivity index (χ2v) is 3.36. The zero-order chi connectivity index (χ0) is 10.1. The molecular formula is C11H12N2O. The fourth-order valence-electron chi connectivity index (χ4n) is 1.58. The monoisotopic (exact) mass is 188 g/mol. The minimum Gasteiger partial charge on any atom is -0.368 e. The van der Waals surface area contributed by atoms with Gasteiger partial charge < -0.3 is 10.3 Å². The maximum Gasteiger partial charge on any atom is 0.240 e. The average Bonchev–Trinajstić information content (AvgIpc) is 2.60. The molecule has 0 radical (unpaired) electrons.